The highest BCUT2D eigenvalue weighted by atomic mass is 16.5. The Bertz CT molecular complexity index is 776. The molecule has 1 aliphatic rings. The third-order valence-electron chi connectivity index (χ3n) is 5.10. The van der Waals surface area contributed by atoms with Crippen LogP contribution in [0.1, 0.15) is 43.2 Å². The number of carbonyl (C=O) groups excluding carboxylic acids is 2. The number of ether oxygens (including phenoxy) is 1. The van der Waals surface area contributed by atoms with E-state index in [0.717, 1.165) is 36.1 Å². The fraction of sp³-hybridized carbons (Fsp3) is 0.476. The molecule has 0 aliphatic carbocycles. The molecule has 1 aromatic heterocycles. The number of methoxy groups -OCH3 is 1. The van der Waals surface area contributed by atoms with E-state index in [-0.39, 0.29) is 17.9 Å². The first kappa shape index (κ1) is 19.9. The second-order valence-electron chi connectivity index (χ2n) is 7.22. The van der Waals surface area contributed by atoms with Crippen LogP contribution in [0.25, 0.3) is 0 Å². The van der Waals surface area contributed by atoms with Gasteiger partial charge in [-0.05, 0) is 48.9 Å². The van der Waals surface area contributed by atoms with Gasteiger partial charge in [-0.25, -0.2) is 0 Å². The molecule has 2 heterocycles. The van der Waals surface area contributed by atoms with E-state index < -0.39 is 0 Å². The van der Waals surface area contributed by atoms with Crippen molar-refractivity contribution in [3.8, 4) is 5.75 Å². The zero-order valence-electron chi connectivity index (χ0n) is 16.3. The molecule has 0 radical (unpaired) electrons. The molecule has 7 heteroatoms. The summed E-state index contributed by atoms with van der Waals surface area (Å²) >= 11 is 0. The van der Waals surface area contributed by atoms with Crippen LogP contribution in [-0.2, 0) is 22.6 Å². The number of nitrogens with zero attached hydrogens (tertiary/aromatic N) is 2. The smallest absolute Gasteiger partial charge is 0.222 e. The number of hydrogen-bond acceptors (Lipinski definition) is 4. The first-order valence-corrected chi connectivity index (χ1v) is 9.82. The normalized spacial score (nSPS) is 17.2. The number of carbonyl (C=O) groups is 2. The molecule has 1 aliphatic heterocycles. The third kappa shape index (κ3) is 5.84. The summed E-state index contributed by atoms with van der Waals surface area (Å²) in [6.45, 7) is 1.22. The van der Waals surface area contributed by atoms with Crippen LogP contribution in [0.2, 0.25) is 0 Å². The summed E-state index contributed by atoms with van der Waals surface area (Å²) in [4.78, 5) is 26.6. The standard InChI is InChI=1S/C21H28N4O3/c1-28-19-6-2-4-16(12-19)15-25-11-10-18(8-9-21(25)27)24-20(26)7-3-5-17-13-22-23-14-17/h2,4,6,12-14,18H,3,5,7-11,15H2,1H3,(H,22,23)(H,24,26). The number of H-pyrrole nitrogens is 1. The molecule has 1 aromatic carbocycles. The molecular formula is C21H28N4O3. The van der Waals surface area contributed by atoms with Crippen LogP contribution in [0.5, 0.6) is 5.75 Å². The minimum Gasteiger partial charge on any atom is -0.497 e. The van der Waals surface area contributed by atoms with Crippen molar-refractivity contribution in [2.75, 3.05) is 13.7 Å². The van der Waals surface area contributed by atoms with Gasteiger partial charge >= 0.3 is 0 Å². The van der Waals surface area contributed by atoms with Crippen molar-refractivity contribution in [3.05, 3.63) is 47.8 Å². The van der Waals surface area contributed by atoms with Gasteiger partial charge in [-0.15, -0.1) is 0 Å². The Balaban J connectivity index is 1.45. The van der Waals surface area contributed by atoms with E-state index >= 15 is 0 Å². The Morgan fingerprint density at radius 1 is 1.36 bits per heavy atom. The van der Waals surface area contributed by atoms with E-state index in [1.165, 1.54) is 0 Å². The number of nitrogens with one attached hydrogen (secondary N) is 2. The van der Waals surface area contributed by atoms with Gasteiger partial charge in [0.05, 0.1) is 13.3 Å². The number of benzene rings is 1. The molecule has 1 atom stereocenters. The van der Waals surface area contributed by atoms with Crippen LogP contribution < -0.4 is 10.1 Å². The van der Waals surface area contributed by atoms with Crippen molar-refractivity contribution in [1.29, 1.82) is 0 Å². The summed E-state index contributed by atoms with van der Waals surface area (Å²) < 4.78 is 5.26. The summed E-state index contributed by atoms with van der Waals surface area (Å²) in [6, 6.07) is 7.84. The molecule has 1 fully saturated rings. The van der Waals surface area contributed by atoms with E-state index in [0.29, 0.717) is 32.4 Å². The van der Waals surface area contributed by atoms with Crippen molar-refractivity contribution in [3.63, 3.8) is 0 Å². The maximum Gasteiger partial charge on any atom is 0.222 e. The zero-order chi connectivity index (χ0) is 19.8. The summed E-state index contributed by atoms with van der Waals surface area (Å²) in [7, 11) is 1.64. The van der Waals surface area contributed by atoms with E-state index in [4.69, 9.17) is 4.74 Å². The lowest BCUT2D eigenvalue weighted by molar-refractivity contribution is -0.131. The number of aryl methyl sites for hydroxylation is 1. The average molecular weight is 384 g/mol. The van der Waals surface area contributed by atoms with Crippen LogP contribution in [0.4, 0.5) is 0 Å². The fourth-order valence-electron chi connectivity index (χ4n) is 3.51. The fourth-order valence-corrected chi connectivity index (χ4v) is 3.51. The van der Waals surface area contributed by atoms with Gasteiger partial charge in [-0.3, -0.25) is 14.7 Å². The summed E-state index contributed by atoms with van der Waals surface area (Å²) in [5, 5.41) is 9.79. The second kappa shape index (κ2) is 9.92. The number of hydrogen-bond donors (Lipinski definition) is 2. The Kier molecular flexibility index (Phi) is 7.06. The monoisotopic (exact) mass is 384 g/mol. The van der Waals surface area contributed by atoms with Crippen LogP contribution in [-0.4, -0.2) is 46.6 Å². The quantitative estimate of drug-likeness (QED) is 0.732. The Hall–Kier alpha value is -2.83. The lowest BCUT2D eigenvalue weighted by Crippen LogP contribution is -2.35. The predicted octanol–water partition coefficient (Wildman–Crippen LogP) is 2.44. The SMILES string of the molecule is COc1cccc(CN2CCC(NC(=O)CCCc3cn[nH]c3)CCC2=O)c1. The van der Waals surface area contributed by atoms with Crippen molar-refractivity contribution in [2.45, 2.75) is 51.1 Å². The average Bonchev–Trinajstić information content (AvgIpc) is 3.16. The summed E-state index contributed by atoms with van der Waals surface area (Å²) in [5.74, 6) is 0.988. The summed E-state index contributed by atoms with van der Waals surface area (Å²) in [5.41, 5.74) is 2.16. The number of rotatable bonds is 8. The molecule has 3 rings (SSSR count). The van der Waals surface area contributed by atoms with Crippen LogP contribution in [0, 0.1) is 0 Å². The highest BCUT2D eigenvalue weighted by molar-refractivity contribution is 5.78. The molecule has 150 valence electrons. The molecule has 0 saturated carbocycles. The molecule has 1 saturated heterocycles. The van der Waals surface area contributed by atoms with Gasteiger partial charge in [0.25, 0.3) is 0 Å². The number of likely N-dealkylation sites (tertiary alicyclic amines) is 1. The van der Waals surface area contributed by atoms with Crippen molar-refractivity contribution < 1.29 is 14.3 Å². The highest BCUT2D eigenvalue weighted by Gasteiger charge is 2.23. The largest absolute Gasteiger partial charge is 0.497 e. The van der Waals surface area contributed by atoms with Gasteiger partial charge in [0, 0.05) is 38.2 Å². The maximum absolute atomic E-state index is 12.5. The van der Waals surface area contributed by atoms with E-state index in [1.54, 1.807) is 13.3 Å². The molecule has 0 bridgehead atoms. The van der Waals surface area contributed by atoms with Gasteiger partial charge < -0.3 is 15.0 Å². The molecule has 2 N–H and O–H groups in total. The topological polar surface area (TPSA) is 87.3 Å². The van der Waals surface area contributed by atoms with Gasteiger partial charge in [0.15, 0.2) is 0 Å². The lowest BCUT2D eigenvalue weighted by atomic mass is 10.1. The summed E-state index contributed by atoms with van der Waals surface area (Å²) in [6.07, 6.45) is 7.69. The molecule has 7 nitrogen and oxygen atoms in total. The molecule has 1 unspecified atom stereocenters. The van der Waals surface area contributed by atoms with Crippen LogP contribution in [0.15, 0.2) is 36.7 Å². The highest BCUT2D eigenvalue weighted by Crippen LogP contribution is 2.18. The molecule has 2 aromatic rings. The minimum atomic E-state index is 0.0562. The lowest BCUT2D eigenvalue weighted by Gasteiger charge is -2.21. The van der Waals surface area contributed by atoms with E-state index in [9.17, 15) is 9.59 Å². The van der Waals surface area contributed by atoms with Crippen LogP contribution >= 0.6 is 0 Å². The van der Waals surface area contributed by atoms with Gasteiger partial charge in [0.1, 0.15) is 5.75 Å². The molecule has 0 spiro atoms. The van der Waals surface area contributed by atoms with Crippen molar-refractivity contribution >= 4 is 11.8 Å². The Morgan fingerprint density at radius 3 is 3.04 bits per heavy atom. The van der Waals surface area contributed by atoms with Gasteiger partial charge in [-0.1, -0.05) is 12.1 Å². The van der Waals surface area contributed by atoms with Crippen molar-refractivity contribution in [2.24, 2.45) is 0 Å². The van der Waals surface area contributed by atoms with E-state index in [2.05, 4.69) is 15.5 Å². The number of aromatic nitrogens is 2. The van der Waals surface area contributed by atoms with Gasteiger partial charge in [0.2, 0.25) is 11.8 Å². The van der Waals surface area contributed by atoms with Crippen LogP contribution in [0.3, 0.4) is 0 Å². The molecular weight excluding hydrogens is 356 g/mol. The maximum atomic E-state index is 12.5. The van der Waals surface area contributed by atoms with E-state index in [1.807, 2.05) is 35.4 Å². The second-order valence-corrected chi connectivity index (χ2v) is 7.22. The zero-order valence-corrected chi connectivity index (χ0v) is 16.3. The Morgan fingerprint density at radius 2 is 2.25 bits per heavy atom. The minimum absolute atomic E-state index is 0.0562. The first-order chi connectivity index (χ1) is 13.6. The number of aromatic amines is 1. The predicted molar refractivity (Wildman–Crippen MR) is 106 cm³/mol. The molecule has 28 heavy (non-hydrogen) atoms. The molecule has 2 amide bonds. The van der Waals surface area contributed by atoms with Crippen molar-refractivity contribution in [1.82, 2.24) is 20.4 Å². The third-order valence-corrected chi connectivity index (χ3v) is 5.10. The Labute approximate surface area is 165 Å². The number of amides is 2. The first-order valence-electron chi connectivity index (χ1n) is 9.82. The van der Waals surface area contributed by atoms with Gasteiger partial charge in [-0.2, -0.15) is 5.10 Å².